The van der Waals surface area contributed by atoms with Crippen LogP contribution in [-0.4, -0.2) is 31.8 Å². The monoisotopic (exact) mass is 869 g/mol. The van der Waals surface area contributed by atoms with Crippen molar-refractivity contribution in [2.24, 2.45) is 0 Å². The Hall–Kier alpha value is -6.74. The van der Waals surface area contributed by atoms with Crippen LogP contribution in [0.15, 0.2) is 127 Å². The van der Waals surface area contributed by atoms with E-state index in [4.69, 9.17) is 56.4 Å². The van der Waals surface area contributed by atoms with E-state index in [-0.39, 0.29) is 0 Å². The van der Waals surface area contributed by atoms with Crippen molar-refractivity contribution in [1.29, 1.82) is 0 Å². The number of anilines is 1. The summed E-state index contributed by atoms with van der Waals surface area (Å²) in [5, 5.41) is 3.33. The maximum atomic E-state index is 14.2. The minimum absolute atomic E-state index is 0.402. The first-order valence-corrected chi connectivity index (χ1v) is 20.8. The number of aromatic nitrogens is 4. The second-order valence-electron chi connectivity index (χ2n) is 14.8. The molecule has 8 bridgehead atoms. The maximum Gasteiger partial charge on any atom is 0.265 e. The van der Waals surface area contributed by atoms with Gasteiger partial charge in [0.1, 0.15) is 0 Å². The lowest BCUT2D eigenvalue weighted by molar-refractivity contribution is 0.0893. The molecule has 3 aliphatic heterocycles. The molecule has 0 unspecified atom stereocenters. The molecule has 11 heteroatoms. The van der Waals surface area contributed by atoms with E-state index in [0.29, 0.717) is 109 Å². The largest absolute Gasteiger partial charge is 0.355 e. The summed E-state index contributed by atoms with van der Waals surface area (Å²) < 4.78 is 0. The summed E-state index contributed by atoms with van der Waals surface area (Å²) in [7, 11) is 0. The topological polar surface area (TPSA) is 94.7 Å². The third kappa shape index (κ3) is 6.12. The van der Waals surface area contributed by atoms with Gasteiger partial charge in [-0.25, -0.2) is 14.9 Å². The van der Waals surface area contributed by atoms with Crippen LogP contribution in [0.1, 0.15) is 43.5 Å². The molecule has 0 radical (unpaired) electrons. The van der Waals surface area contributed by atoms with Gasteiger partial charge >= 0.3 is 0 Å². The van der Waals surface area contributed by atoms with Crippen LogP contribution in [0.5, 0.6) is 0 Å². The van der Waals surface area contributed by atoms with Crippen molar-refractivity contribution in [2.75, 3.05) is 4.90 Å². The predicted molar refractivity (Wildman–Crippen MR) is 250 cm³/mol. The van der Waals surface area contributed by atoms with Crippen molar-refractivity contribution in [3.05, 3.63) is 181 Å². The number of nitrogens with one attached hydrogen (secondary N) is 2. The van der Waals surface area contributed by atoms with Crippen LogP contribution in [0.3, 0.4) is 0 Å². The lowest BCUT2D eigenvalue weighted by atomic mass is 9.93. The fourth-order valence-corrected chi connectivity index (χ4v) is 9.68. The summed E-state index contributed by atoms with van der Waals surface area (Å²) in [6, 6.07) is 39.0. The van der Waals surface area contributed by atoms with Crippen molar-refractivity contribution in [3.63, 3.8) is 0 Å². The van der Waals surface area contributed by atoms with Gasteiger partial charge < -0.3 is 9.97 Å². The Morgan fingerprint density at radius 2 is 0.967 bits per heavy atom. The number of amides is 2. The van der Waals surface area contributed by atoms with Gasteiger partial charge in [0.25, 0.3) is 11.8 Å². The van der Waals surface area contributed by atoms with Gasteiger partial charge in [-0.15, -0.1) is 0 Å². The summed E-state index contributed by atoms with van der Waals surface area (Å²) in [6.07, 6.45) is 7.74. The van der Waals surface area contributed by atoms with E-state index in [1.807, 2.05) is 97.1 Å². The van der Waals surface area contributed by atoms with Crippen molar-refractivity contribution in [1.82, 2.24) is 19.9 Å². The standard InChI is InChI=1S/C50H27Cl4N5O2/c51-33-12-4-13-34(52)45(33)47-39-18-16-28(55-39)25-29-17-19-40(56-29)48(46-35(53)14-5-15-36(46)54)42-23-21-38(58-42)44(37-20-22-41(47)57-37)27-8-1-9-30(24-27)59-49(60)31-10-2-6-26-7-3-11-32(43(26)31)50(59)61/h1-25,55,58H. The smallest absolute Gasteiger partial charge is 0.265 e. The molecular weight excluding hydrogens is 844 g/mol. The molecule has 3 aliphatic rings. The van der Waals surface area contributed by atoms with E-state index in [1.54, 1.807) is 54.6 Å². The number of halogens is 4. The summed E-state index contributed by atoms with van der Waals surface area (Å²) >= 11 is 27.7. The molecule has 8 aromatic rings. The van der Waals surface area contributed by atoms with Gasteiger partial charge in [-0.1, -0.05) is 94.9 Å². The number of imide groups is 1. The first-order chi connectivity index (χ1) is 29.7. The Balaban J connectivity index is 1.23. The third-order valence-electron chi connectivity index (χ3n) is 11.2. The normalized spacial score (nSPS) is 13.1. The predicted octanol–water partition coefficient (Wildman–Crippen LogP) is 14.2. The highest BCUT2D eigenvalue weighted by Crippen LogP contribution is 2.43. The van der Waals surface area contributed by atoms with Crippen LogP contribution in [0.2, 0.25) is 20.1 Å². The first kappa shape index (κ1) is 37.3. The number of carbonyl (C=O) groups excluding carboxylic acids is 2. The van der Waals surface area contributed by atoms with Gasteiger partial charge in [-0.2, -0.15) is 0 Å². The molecule has 0 fully saturated rings. The summed E-state index contributed by atoms with van der Waals surface area (Å²) in [5.74, 6) is -0.803. The van der Waals surface area contributed by atoms with Crippen molar-refractivity contribution < 1.29 is 9.59 Å². The molecule has 61 heavy (non-hydrogen) atoms. The number of aromatic amines is 2. The van der Waals surface area contributed by atoms with Gasteiger partial charge in [0.15, 0.2) is 0 Å². The Labute approximate surface area is 368 Å². The van der Waals surface area contributed by atoms with Crippen LogP contribution in [0, 0.1) is 0 Å². The molecule has 0 spiro atoms. The molecule has 5 aromatic carbocycles. The number of benzene rings is 5. The van der Waals surface area contributed by atoms with Gasteiger partial charge in [0, 0.05) is 66.4 Å². The van der Waals surface area contributed by atoms with E-state index >= 15 is 0 Å². The second kappa shape index (κ2) is 14.5. The Bertz CT molecular complexity index is 3350. The van der Waals surface area contributed by atoms with Crippen LogP contribution >= 0.6 is 46.4 Å². The summed E-state index contributed by atoms with van der Waals surface area (Å²) in [4.78, 5) is 47.3. The van der Waals surface area contributed by atoms with E-state index in [9.17, 15) is 9.59 Å². The van der Waals surface area contributed by atoms with Crippen LogP contribution in [0.4, 0.5) is 5.69 Å². The Kier molecular flexibility index (Phi) is 8.84. The van der Waals surface area contributed by atoms with Crippen molar-refractivity contribution in [3.8, 4) is 33.4 Å². The SMILES string of the molecule is O=C1c2cccc3cccc(c23)C(=O)N1c1cccc(-c2c3nc(c(-c4c(Cl)cccc4Cl)c4ccc(cc5nc(c(-c6c(Cl)cccc6Cl)c6ccc2[nH]6)C=C5)[nH]4)C=C3)c1. The van der Waals surface area contributed by atoms with Crippen LogP contribution < -0.4 is 4.90 Å². The minimum atomic E-state index is -0.402. The van der Waals surface area contributed by atoms with Gasteiger partial charge in [0.05, 0.1) is 48.6 Å². The zero-order valence-corrected chi connectivity index (χ0v) is 34.6. The molecule has 0 saturated carbocycles. The maximum absolute atomic E-state index is 14.2. The third-order valence-corrected chi connectivity index (χ3v) is 12.4. The number of hydrogen-bond acceptors (Lipinski definition) is 4. The molecule has 0 aliphatic carbocycles. The van der Waals surface area contributed by atoms with Crippen molar-refractivity contribution >= 4 is 121 Å². The van der Waals surface area contributed by atoms with E-state index in [0.717, 1.165) is 16.4 Å². The number of fused-ring (bicyclic) bond motifs is 8. The van der Waals surface area contributed by atoms with Gasteiger partial charge in [0.2, 0.25) is 0 Å². The summed E-state index contributed by atoms with van der Waals surface area (Å²) in [5.41, 5.74) is 10.9. The van der Waals surface area contributed by atoms with E-state index < -0.39 is 11.8 Å². The number of hydrogen-bond donors (Lipinski definition) is 2. The van der Waals surface area contributed by atoms with E-state index in [2.05, 4.69) is 9.97 Å². The van der Waals surface area contributed by atoms with E-state index in [1.165, 1.54) is 4.90 Å². The lowest BCUT2D eigenvalue weighted by Gasteiger charge is -2.27. The Morgan fingerprint density at radius 1 is 0.459 bits per heavy atom. The molecule has 7 nitrogen and oxygen atoms in total. The summed E-state index contributed by atoms with van der Waals surface area (Å²) in [6.45, 7) is 0. The lowest BCUT2D eigenvalue weighted by Crippen LogP contribution is -2.40. The van der Waals surface area contributed by atoms with Gasteiger partial charge in [-0.3, -0.25) is 9.59 Å². The fourth-order valence-electron chi connectivity index (χ4n) is 8.51. The highest BCUT2D eigenvalue weighted by molar-refractivity contribution is 6.41. The highest BCUT2D eigenvalue weighted by atomic mass is 35.5. The zero-order valence-electron chi connectivity index (χ0n) is 31.6. The quantitative estimate of drug-likeness (QED) is 0.172. The van der Waals surface area contributed by atoms with Crippen molar-refractivity contribution in [2.45, 2.75) is 0 Å². The molecule has 2 N–H and O–H groups in total. The highest BCUT2D eigenvalue weighted by Gasteiger charge is 2.34. The molecule has 292 valence electrons. The molecule has 0 saturated heterocycles. The first-order valence-electron chi connectivity index (χ1n) is 19.2. The van der Waals surface area contributed by atoms with Gasteiger partial charge in [-0.05, 0) is 114 Å². The molecule has 3 aromatic heterocycles. The van der Waals surface area contributed by atoms with Crippen LogP contribution in [-0.2, 0) is 0 Å². The molecule has 6 heterocycles. The average molecular weight is 872 g/mol. The average Bonchev–Trinajstić information content (AvgIpc) is 4.10. The molecule has 0 atom stereocenters. The Morgan fingerprint density at radius 3 is 1.61 bits per heavy atom. The number of nitrogens with zero attached hydrogens (tertiary/aromatic N) is 3. The molecular formula is C50H27Cl4N5O2. The molecule has 11 rings (SSSR count). The number of rotatable bonds is 4. The number of carbonyl (C=O) groups is 2. The number of H-pyrrole nitrogens is 2. The molecule has 2 amide bonds. The minimum Gasteiger partial charge on any atom is -0.355 e. The second-order valence-corrected chi connectivity index (χ2v) is 16.4. The fraction of sp³-hybridized carbons (Fsp3) is 0. The zero-order chi connectivity index (χ0) is 41.5. The van der Waals surface area contributed by atoms with Crippen LogP contribution in [0.25, 0.3) is 90.5 Å².